The van der Waals surface area contributed by atoms with Gasteiger partial charge in [-0.1, -0.05) is 12.1 Å². The second-order valence-electron chi connectivity index (χ2n) is 22.3. The fourth-order valence-corrected chi connectivity index (χ4v) is 11.8. The minimum Gasteiger partial charge on any atom is -0.339 e. The van der Waals surface area contributed by atoms with Gasteiger partial charge in [-0.15, -0.1) is 0 Å². The van der Waals surface area contributed by atoms with Crippen molar-refractivity contribution in [1.29, 1.82) is 0 Å². The van der Waals surface area contributed by atoms with Gasteiger partial charge in [-0.05, 0) is 125 Å². The van der Waals surface area contributed by atoms with Crippen LogP contribution in [0.25, 0.3) is 68.1 Å². The molecule has 2 saturated carbocycles. The van der Waals surface area contributed by atoms with E-state index in [9.17, 15) is 0 Å². The minimum atomic E-state index is -0.115. The van der Waals surface area contributed by atoms with Crippen molar-refractivity contribution in [3.05, 3.63) is 120 Å². The summed E-state index contributed by atoms with van der Waals surface area (Å²) in [6.07, 6.45) is 12.8. The lowest BCUT2D eigenvalue weighted by Gasteiger charge is -2.50. The number of piperazine rings is 2. The summed E-state index contributed by atoms with van der Waals surface area (Å²) in [7, 11) is 4.31. The molecule has 4 fully saturated rings. The van der Waals surface area contributed by atoms with Gasteiger partial charge in [-0.2, -0.15) is 10.2 Å². The molecular weight excluding hydrogens is 953 g/mol. The molecule has 2 saturated heterocycles. The Hall–Kier alpha value is -7.45. The first-order valence-corrected chi connectivity index (χ1v) is 27.1. The van der Waals surface area contributed by atoms with Gasteiger partial charge in [0.2, 0.25) is 0 Å². The molecular formula is C57H64N18O. The number of carbonyl (C=O) groups excluding carboxylic acids is 1. The van der Waals surface area contributed by atoms with Crippen LogP contribution < -0.4 is 0 Å². The Labute approximate surface area is 442 Å². The van der Waals surface area contributed by atoms with Gasteiger partial charge in [-0.3, -0.25) is 39.1 Å². The number of aromatic nitrogens is 12. The number of imidazole rings is 2. The second kappa shape index (κ2) is 19.0. The van der Waals surface area contributed by atoms with Crippen molar-refractivity contribution in [1.82, 2.24) is 88.8 Å². The van der Waals surface area contributed by atoms with E-state index in [1.54, 1.807) is 0 Å². The van der Waals surface area contributed by atoms with Gasteiger partial charge in [0.15, 0.2) is 11.6 Å². The lowest BCUT2D eigenvalue weighted by Crippen LogP contribution is -2.67. The topological polar surface area (TPSA) is 181 Å². The number of amides is 2. The Morgan fingerprint density at radius 3 is 1.45 bits per heavy atom. The maximum absolute atomic E-state index is 15.2. The average molecular weight is 1020 g/mol. The third kappa shape index (κ3) is 9.17. The second-order valence-corrected chi connectivity index (χ2v) is 22.3. The van der Waals surface area contributed by atoms with Crippen LogP contribution in [0.15, 0.2) is 85.5 Å². The van der Waals surface area contributed by atoms with Crippen LogP contribution >= 0.6 is 0 Å². The van der Waals surface area contributed by atoms with Gasteiger partial charge in [0, 0.05) is 126 Å². The van der Waals surface area contributed by atoms with Crippen molar-refractivity contribution < 1.29 is 4.79 Å². The average Bonchev–Trinajstić information content (AvgIpc) is 3.97. The van der Waals surface area contributed by atoms with Gasteiger partial charge in [0.05, 0.1) is 34.2 Å². The molecule has 2 aliphatic carbocycles. The first kappa shape index (κ1) is 47.0. The number of fused-ring (bicyclic) bond motifs is 2. The summed E-state index contributed by atoms with van der Waals surface area (Å²) in [5.74, 6) is 2.88. The smallest absolute Gasteiger partial charge is 0.322 e. The predicted octanol–water partition coefficient (Wildman–Crippen LogP) is 7.14. The Kier molecular flexibility index (Phi) is 11.7. The van der Waals surface area contributed by atoms with Crippen molar-refractivity contribution >= 4 is 6.03 Å². The van der Waals surface area contributed by atoms with Crippen LogP contribution in [-0.2, 0) is 39.3 Å². The van der Waals surface area contributed by atoms with Crippen LogP contribution in [0.2, 0.25) is 0 Å². The van der Waals surface area contributed by atoms with Crippen molar-refractivity contribution in [3.63, 3.8) is 0 Å². The number of nitrogens with one attached hydrogen (secondary N) is 2. The molecule has 0 spiro atoms. The molecule has 388 valence electrons. The first-order valence-electron chi connectivity index (χ1n) is 27.1. The zero-order valence-electron chi connectivity index (χ0n) is 43.8. The van der Waals surface area contributed by atoms with Gasteiger partial charge >= 0.3 is 6.03 Å². The van der Waals surface area contributed by atoms with Gasteiger partial charge in [0.25, 0.3) is 0 Å². The quantitative estimate of drug-likeness (QED) is 0.126. The molecule has 0 bridgehead atoms. The van der Waals surface area contributed by atoms with E-state index in [4.69, 9.17) is 40.1 Å². The molecule has 14 rings (SSSR count). The van der Waals surface area contributed by atoms with Crippen LogP contribution in [0.3, 0.4) is 0 Å². The molecule has 12 heterocycles. The number of aromatic amines is 2. The van der Waals surface area contributed by atoms with E-state index in [1.807, 2.05) is 62.6 Å². The van der Waals surface area contributed by atoms with Gasteiger partial charge in [-0.25, -0.2) is 14.8 Å². The van der Waals surface area contributed by atoms with E-state index in [0.29, 0.717) is 51.1 Å². The zero-order valence-corrected chi connectivity index (χ0v) is 43.8. The molecule has 4 aliphatic heterocycles. The Morgan fingerprint density at radius 2 is 1.03 bits per heavy atom. The maximum atomic E-state index is 15.2. The molecule has 19 heteroatoms. The van der Waals surface area contributed by atoms with Crippen LogP contribution in [-0.4, -0.2) is 161 Å². The number of hydrogen-bond acceptors (Lipinski definition) is 13. The molecule has 8 aromatic heterocycles. The summed E-state index contributed by atoms with van der Waals surface area (Å²) in [6, 6.07) is 20.6. The summed E-state index contributed by atoms with van der Waals surface area (Å²) in [5.41, 5.74) is 15.3. The third-order valence-electron chi connectivity index (χ3n) is 16.3. The van der Waals surface area contributed by atoms with E-state index < -0.39 is 0 Å². The number of rotatable bonds is 12. The Morgan fingerprint density at radius 1 is 0.566 bits per heavy atom. The molecule has 2 unspecified atom stereocenters. The van der Waals surface area contributed by atoms with Crippen LogP contribution in [0.5, 0.6) is 0 Å². The molecule has 6 aliphatic rings. The maximum Gasteiger partial charge on any atom is 0.322 e. The molecule has 2 N–H and O–H groups in total. The highest BCUT2D eigenvalue weighted by atomic mass is 16.2. The zero-order chi connectivity index (χ0) is 51.2. The number of urea groups is 1. The van der Waals surface area contributed by atoms with E-state index in [1.165, 1.54) is 25.7 Å². The van der Waals surface area contributed by atoms with Crippen LogP contribution in [0.1, 0.15) is 59.8 Å². The highest BCUT2D eigenvalue weighted by molar-refractivity contribution is 5.82. The Bertz CT molecular complexity index is 3220. The van der Waals surface area contributed by atoms with Gasteiger partial charge < -0.3 is 29.6 Å². The number of pyridine rings is 4. The van der Waals surface area contributed by atoms with E-state index in [0.717, 1.165) is 141 Å². The van der Waals surface area contributed by atoms with E-state index >= 15 is 4.79 Å². The summed E-state index contributed by atoms with van der Waals surface area (Å²) >= 11 is 0. The summed E-state index contributed by atoms with van der Waals surface area (Å²) in [6.45, 7) is 12.9. The van der Waals surface area contributed by atoms with Crippen LogP contribution in [0.4, 0.5) is 4.79 Å². The lowest BCUT2D eigenvalue weighted by atomic mass is 10.0. The highest BCUT2D eigenvalue weighted by Gasteiger charge is 2.44. The first-order chi connectivity index (χ1) is 37.1. The van der Waals surface area contributed by atoms with Crippen molar-refractivity contribution in [3.8, 4) is 68.1 Å². The monoisotopic (exact) mass is 1020 g/mol. The largest absolute Gasteiger partial charge is 0.339 e. The highest BCUT2D eigenvalue weighted by Crippen LogP contribution is 2.39. The summed E-state index contributed by atoms with van der Waals surface area (Å²) in [4.78, 5) is 65.9. The molecule has 2 amide bonds. The number of hydrogen-bond donors (Lipinski definition) is 2. The molecule has 8 aromatic rings. The van der Waals surface area contributed by atoms with Crippen LogP contribution in [0, 0.1) is 25.7 Å². The SMILES string of the molecule is Cc1cccc(-c2nn(CC3CC3)cc2-c2ccnc(-c3nc4c([nH]3)CN(C3CN(C)CCN3C(=O)N3CCN(C)CC3N3Cc5nc(-c6cc(-c7cn(CC8CC8)nc7-c7cccc(C)n7)ccn6)[nH]c5C3)C4)c2)n1. The normalized spacial score (nSPS) is 20.5. The molecule has 2 atom stereocenters. The molecule has 76 heavy (non-hydrogen) atoms. The number of nitrogens with zero attached hydrogens (tertiary/aromatic N) is 16. The molecule has 19 nitrogen and oxygen atoms in total. The fourth-order valence-electron chi connectivity index (χ4n) is 11.8. The van der Waals surface area contributed by atoms with Crippen molar-refractivity contribution in [2.24, 2.45) is 11.8 Å². The number of likely N-dealkylation sites (N-methyl/N-ethyl adjacent to an activating group) is 2. The molecule has 0 radical (unpaired) electrons. The standard InChI is InChI=1S/C57H64N18O/c1-35-7-5-9-43(60-35)53-41(27-72(66-53)25-37-11-12-37)39-15-17-58-45(23-39)55-62-47-29-70(30-48(47)63-55)51-33-68(3)19-21-74(51)57(76)75-22-20-69(4)34-52(75)71-31-49-50(32-71)65-56(64-49)46-24-40(16-18-59-46)42-28-73(26-38-13-14-38)67-54(42)44-10-6-8-36(2)61-44/h5-10,15-18,23-24,27-28,37-38,51-52H,11-14,19-22,25-26,29-34H2,1-4H3,(H,62,63)(H,64,65). The van der Waals surface area contributed by atoms with Crippen molar-refractivity contribution in [2.75, 3.05) is 53.4 Å². The lowest BCUT2D eigenvalue weighted by molar-refractivity contribution is -0.0377. The van der Waals surface area contributed by atoms with E-state index in [2.05, 4.69) is 99.5 Å². The number of aryl methyl sites for hydroxylation is 2. The molecule has 0 aromatic carbocycles. The van der Waals surface area contributed by atoms with E-state index in [-0.39, 0.29) is 18.4 Å². The van der Waals surface area contributed by atoms with Crippen molar-refractivity contribution in [2.45, 2.75) is 91.1 Å². The summed E-state index contributed by atoms with van der Waals surface area (Å²) < 4.78 is 4.18. The minimum absolute atomic E-state index is 0.0908. The van der Waals surface area contributed by atoms with Gasteiger partial charge in [0.1, 0.15) is 35.1 Å². The Balaban J connectivity index is 0.670. The number of H-pyrrole nitrogens is 2. The summed E-state index contributed by atoms with van der Waals surface area (Å²) in [5, 5.41) is 10.1. The number of carbonyl (C=O) groups is 1. The third-order valence-corrected chi connectivity index (χ3v) is 16.3. The predicted molar refractivity (Wildman–Crippen MR) is 287 cm³/mol. The fraction of sp³-hybridized carbons (Fsp3) is 0.421.